The molecule has 2 aromatic rings. The fourth-order valence-corrected chi connectivity index (χ4v) is 2.46. The highest BCUT2D eigenvalue weighted by Crippen LogP contribution is 2.18. The zero-order valence-corrected chi connectivity index (χ0v) is 12.7. The maximum atomic E-state index is 4.29. The van der Waals surface area contributed by atoms with Crippen LogP contribution in [0.3, 0.4) is 0 Å². The highest BCUT2D eigenvalue weighted by molar-refractivity contribution is 7.98. The van der Waals surface area contributed by atoms with Crippen LogP contribution in [0.5, 0.6) is 0 Å². The van der Waals surface area contributed by atoms with Crippen molar-refractivity contribution >= 4 is 11.8 Å². The Morgan fingerprint density at radius 2 is 2.25 bits per heavy atom. The molecule has 108 valence electrons. The summed E-state index contributed by atoms with van der Waals surface area (Å²) in [6, 6.07) is 5.91. The SMILES string of the molecule is CC(C)CNCCn1nnnc1SCc1ccccn1. The molecule has 7 heteroatoms. The van der Waals surface area contributed by atoms with E-state index in [4.69, 9.17) is 0 Å². The van der Waals surface area contributed by atoms with E-state index < -0.39 is 0 Å². The van der Waals surface area contributed by atoms with E-state index in [0.29, 0.717) is 5.92 Å². The van der Waals surface area contributed by atoms with Crippen molar-refractivity contribution in [3.05, 3.63) is 30.1 Å². The van der Waals surface area contributed by atoms with E-state index in [1.807, 2.05) is 22.9 Å². The van der Waals surface area contributed by atoms with Crippen molar-refractivity contribution in [3.63, 3.8) is 0 Å². The number of pyridine rings is 1. The summed E-state index contributed by atoms with van der Waals surface area (Å²) in [7, 11) is 0. The molecule has 2 rings (SSSR count). The monoisotopic (exact) mass is 292 g/mol. The van der Waals surface area contributed by atoms with Gasteiger partial charge in [0.1, 0.15) is 0 Å². The molecule has 0 fully saturated rings. The molecular weight excluding hydrogens is 272 g/mol. The second-order valence-electron chi connectivity index (χ2n) is 4.89. The molecule has 2 heterocycles. The minimum Gasteiger partial charge on any atom is -0.315 e. The van der Waals surface area contributed by atoms with Crippen molar-refractivity contribution in [1.82, 2.24) is 30.5 Å². The number of hydrogen-bond donors (Lipinski definition) is 1. The van der Waals surface area contributed by atoms with Crippen molar-refractivity contribution in [3.8, 4) is 0 Å². The summed E-state index contributed by atoms with van der Waals surface area (Å²) < 4.78 is 1.83. The Bertz CT molecular complexity index is 499. The van der Waals surface area contributed by atoms with Gasteiger partial charge in [-0.3, -0.25) is 4.98 Å². The minimum absolute atomic E-state index is 0.655. The van der Waals surface area contributed by atoms with Crippen LogP contribution in [0.1, 0.15) is 19.5 Å². The van der Waals surface area contributed by atoms with Gasteiger partial charge in [-0.05, 0) is 35.0 Å². The van der Waals surface area contributed by atoms with Crippen LogP contribution in [0.4, 0.5) is 0 Å². The molecule has 1 N–H and O–H groups in total. The summed E-state index contributed by atoms with van der Waals surface area (Å²) in [6.07, 6.45) is 1.80. The third-order valence-electron chi connectivity index (χ3n) is 2.63. The van der Waals surface area contributed by atoms with Crippen LogP contribution in [0.2, 0.25) is 0 Å². The lowest BCUT2D eigenvalue weighted by Crippen LogP contribution is -2.24. The van der Waals surface area contributed by atoms with E-state index >= 15 is 0 Å². The van der Waals surface area contributed by atoms with Crippen molar-refractivity contribution in [2.45, 2.75) is 31.3 Å². The normalized spacial score (nSPS) is 11.2. The van der Waals surface area contributed by atoms with Gasteiger partial charge in [-0.2, -0.15) is 0 Å². The van der Waals surface area contributed by atoms with Crippen LogP contribution >= 0.6 is 11.8 Å². The van der Waals surface area contributed by atoms with Gasteiger partial charge >= 0.3 is 0 Å². The Balaban J connectivity index is 1.79. The van der Waals surface area contributed by atoms with Gasteiger partial charge in [-0.15, -0.1) is 5.10 Å². The summed E-state index contributed by atoms with van der Waals surface area (Å²) in [6.45, 7) is 7.06. The fraction of sp³-hybridized carbons (Fsp3) is 0.538. The number of hydrogen-bond acceptors (Lipinski definition) is 6. The molecule has 0 aliphatic carbocycles. The number of nitrogens with one attached hydrogen (secondary N) is 1. The summed E-state index contributed by atoms with van der Waals surface area (Å²) in [5.74, 6) is 1.43. The minimum atomic E-state index is 0.655. The second kappa shape index (κ2) is 7.96. The molecule has 0 unspecified atom stereocenters. The van der Waals surface area contributed by atoms with E-state index in [1.54, 1.807) is 18.0 Å². The van der Waals surface area contributed by atoms with Gasteiger partial charge < -0.3 is 5.32 Å². The van der Waals surface area contributed by atoms with Crippen LogP contribution < -0.4 is 5.32 Å². The molecule has 2 aromatic heterocycles. The van der Waals surface area contributed by atoms with Gasteiger partial charge in [-0.25, -0.2) is 4.68 Å². The maximum Gasteiger partial charge on any atom is 0.209 e. The third-order valence-corrected chi connectivity index (χ3v) is 3.62. The van der Waals surface area contributed by atoms with Crippen molar-refractivity contribution in [2.75, 3.05) is 13.1 Å². The average Bonchev–Trinajstić information content (AvgIpc) is 2.90. The molecule has 0 aliphatic heterocycles. The molecule has 0 aliphatic rings. The zero-order chi connectivity index (χ0) is 14.2. The molecule has 0 spiro atoms. The molecular formula is C13H20N6S. The van der Waals surface area contributed by atoms with E-state index in [2.05, 4.69) is 39.7 Å². The summed E-state index contributed by atoms with van der Waals surface area (Å²) in [5.41, 5.74) is 1.03. The smallest absolute Gasteiger partial charge is 0.209 e. The fourth-order valence-electron chi connectivity index (χ4n) is 1.64. The number of rotatable bonds is 8. The summed E-state index contributed by atoms with van der Waals surface area (Å²) in [4.78, 5) is 4.29. The van der Waals surface area contributed by atoms with Gasteiger partial charge in [0.05, 0.1) is 12.2 Å². The average molecular weight is 292 g/mol. The Hall–Kier alpha value is -1.47. The van der Waals surface area contributed by atoms with E-state index in [9.17, 15) is 0 Å². The van der Waals surface area contributed by atoms with Gasteiger partial charge in [-0.1, -0.05) is 31.7 Å². The molecule has 0 aromatic carbocycles. The Kier molecular flexibility index (Phi) is 5.94. The highest BCUT2D eigenvalue weighted by Gasteiger charge is 2.07. The van der Waals surface area contributed by atoms with E-state index in [1.165, 1.54) is 0 Å². The predicted octanol–water partition coefficient (Wildman–Crippen LogP) is 1.61. The summed E-state index contributed by atoms with van der Waals surface area (Å²) >= 11 is 1.61. The van der Waals surface area contributed by atoms with Gasteiger partial charge in [0.15, 0.2) is 0 Å². The van der Waals surface area contributed by atoms with Crippen molar-refractivity contribution < 1.29 is 0 Å². The maximum absolute atomic E-state index is 4.29. The van der Waals surface area contributed by atoms with E-state index in [0.717, 1.165) is 36.2 Å². The first-order chi connectivity index (χ1) is 9.75. The van der Waals surface area contributed by atoms with E-state index in [-0.39, 0.29) is 0 Å². The first-order valence-corrected chi connectivity index (χ1v) is 7.74. The molecule has 0 bridgehead atoms. The topological polar surface area (TPSA) is 68.5 Å². The second-order valence-corrected chi connectivity index (χ2v) is 5.83. The molecule has 0 amide bonds. The molecule has 0 radical (unpaired) electrons. The standard InChI is InChI=1S/C13H20N6S/c1-11(2)9-14-7-8-19-13(16-17-18-19)20-10-12-5-3-4-6-15-12/h3-6,11,14H,7-10H2,1-2H3. The largest absolute Gasteiger partial charge is 0.315 e. The van der Waals surface area contributed by atoms with Gasteiger partial charge in [0, 0.05) is 18.5 Å². The van der Waals surface area contributed by atoms with Crippen molar-refractivity contribution in [2.24, 2.45) is 5.92 Å². The highest BCUT2D eigenvalue weighted by atomic mass is 32.2. The Morgan fingerprint density at radius 3 is 3.00 bits per heavy atom. The third kappa shape index (κ3) is 4.90. The lowest BCUT2D eigenvalue weighted by atomic mass is 10.2. The molecule has 6 nitrogen and oxygen atoms in total. The lowest BCUT2D eigenvalue weighted by Gasteiger charge is -2.08. The summed E-state index contributed by atoms with van der Waals surface area (Å²) in [5, 5.41) is 16.0. The van der Waals surface area contributed by atoms with Crippen LogP contribution in [0.25, 0.3) is 0 Å². The number of aromatic nitrogens is 5. The Morgan fingerprint density at radius 1 is 1.35 bits per heavy atom. The van der Waals surface area contributed by atoms with Crippen LogP contribution in [-0.4, -0.2) is 38.3 Å². The van der Waals surface area contributed by atoms with Gasteiger partial charge in [0.25, 0.3) is 0 Å². The molecule has 0 saturated heterocycles. The molecule has 0 atom stereocenters. The predicted molar refractivity (Wildman–Crippen MR) is 79.3 cm³/mol. The Labute approximate surface area is 123 Å². The molecule has 20 heavy (non-hydrogen) atoms. The molecule has 0 saturated carbocycles. The number of nitrogens with zero attached hydrogens (tertiary/aromatic N) is 5. The first kappa shape index (κ1) is 14.9. The zero-order valence-electron chi connectivity index (χ0n) is 11.9. The number of thioether (sulfide) groups is 1. The van der Waals surface area contributed by atoms with Crippen LogP contribution in [0, 0.1) is 5.92 Å². The first-order valence-electron chi connectivity index (χ1n) is 6.75. The van der Waals surface area contributed by atoms with Crippen LogP contribution in [0.15, 0.2) is 29.6 Å². The van der Waals surface area contributed by atoms with Crippen LogP contribution in [-0.2, 0) is 12.3 Å². The number of tetrazole rings is 1. The lowest BCUT2D eigenvalue weighted by molar-refractivity contribution is 0.482. The quantitative estimate of drug-likeness (QED) is 0.589. The van der Waals surface area contributed by atoms with Gasteiger partial charge in [0.2, 0.25) is 5.16 Å². The van der Waals surface area contributed by atoms with Crippen molar-refractivity contribution in [1.29, 1.82) is 0 Å².